The Morgan fingerprint density at radius 1 is 1.35 bits per heavy atom. The number of nitrogens with zero attached hydrogens (tertiary/aromatic N) is 5. The van der Waals surface area contributed by atoms with Gasteiger partial charge in [0.25, 0.3) is 0 Å². The van der Waals surface area contributed by atoms with Gasteiger partial charge in [0, 0.05) is 38.1 Å². The van der Waals surface area contributed by atoms with Crippen LogP contribution in [0.4, 0.5) is 11.6 Å². The highest BCUT2D eigenvalue weighted by Crippen LogP contribution is 2.25. The Hall–Kier alpha value is -1.86. The number of carbonyl (C=O) groups is 1. The number of likely N-dealkylation sites (N-methyl/N-ethyl adjacent to an activating group) is 1. The van der Waals surface area contributed by atoms with Gasteiger partial charge < -0.3 is 14.7 Å². The molecule has 6 nitrogen and oxygen atoms in total. The molecule has 0 atom stereocenters. The van der Waals surface area contributed by atoms with Crippen molar-refractivity contribution in [3.63, 3.8) is 0 Å². The van der Waals surface area contributed by atoms with Gasteiger partial charge >= 0.3 is 0 Å². The number of anilines is 2. The molecule has 2 aromatic rings. The quantitative estimate of drug-likeness (QED) is 0.844. The zero-order chi connectivity index (χ0) is 16.4. The molecule has 1 aliphatic heterocycles. The molecule has 0 saturated carbocycles. The minimum absolute atomic E-state index is 0.109. The van der Waals surface area contributed by atoms with Gasteiger partial charge in [-0.15, -0.1) is 11.3 Å². The monoisotopic (exact) mass is 351 g/mol. The van der Waals surface area contributed by atoms with Crippen molar-refractivity contribution in [2.24, 2.45) is 0 Å². The number of aromatic nitrogens is 2. The molecule has 1 saturated heterocycles. The van der Waals surface area contributed by atoms with Crippen LogP contribution in [0, 0.1) is 0 Å². The van der Waals surface area contributed by atoms with Crippen LogP contribution in [0.3, 0.4) is 0 Å². The molecule has 0 aromatic carbocycles. The summed E-state index contributed by atoms with van der Waals surface area (Å²) in [5.41, 5.74) is 0. The molecule has 23 heavy (non-hydrogen) atoms. The van der Waals surface area contributed by atoms with E-state index in [4.69, 9.17) is 11.6 Å². The lowest BCUT2D eigenvalue weighted by molar-refractivity contribution is -0.129. The smallest absolute Gasteiger partial charge is 0.241 e. The average Bonchev–Trinajstić information content (AvgIpc) is 2.95. The third-order valence-electron chi connectivity index (χ3n) is 3.83. The molecule has 1 aliphatic rings. The summed E-state index contributed by atoms with van der Waals surface area (Å²) in [5.74, 6) is 1.72. The molecular weight excluding hydrogens is 334 g/mol. The van der Waals surface area contributed by atoms with E-state index in [1.165, 1.54) is 4.88 Å². The summed E-state index contributed by atoms with van der Waals surface area (Å²) in [7, 11) is 3.81. The number of rotatable bonds is 4. The highest BCUT2D eigenvalue weighted by molar-refractivity contribution is 7.16. The standard InChI is InChI=1S/C15H18ClN5OS/c1-19-5-6-21(9-15(19)22)14-7-13(17-10-18-14)20(2)8-11-3-4-12(16)23-11/h3-4,7,10H,5-6,8-9H2,1-2H3. The van der Waals surface area contributed by atoms with E-state index in [9.17, 15) is 4.79 Å². The molecule has 0 N–H and O–H groups in total. The highest BCUT2D eigenvalue weighted by Gasteiger charge is 2.22. The molecule has 3 heterocycles. The van der Waals surface area contributed by atoms with Crippen molar-refractivity contribution in [1.29, 1.82) is 0 Å². The van der Waals surface area contributed by atoms with Crippen LogP contribution in [-0.2, 0) is 11.3 Å². The van der Waals surface area contributed by atoms with Gasteiger partial charge in [-0.25, -0.2) is 9.97 Å². The first-order chi connectivity index (χ1) is 11.0. The van der Waals surface area contributed by atoms with Crippen molar-refractivity contribution in [2.75, 3.05) is 43.5 Å². The number of carbonyl (C=O) groups excluding carboxylic acids is 1. The number of hydrogen-bond acceptors (Lipinski definition) is 6. The molecule has 8 heteroatoms. The predicted molar refractivity (Wildman–Crippen MR) is 93.3 cm³/mol. The molecule has 0 radical (unpaired) electrons. The lowest BCUT2D eigenvalue weighted by atomic mass is 10.3. The SMILES string of the molecule is CN1CCN(c2cc(N(C)Cc3ccc(Cl)s3)ncn2)CC1=O. The Morgan fingerprint density at radius 2 is 2.17 bits per heavy atom. The van der Waals surface area contributed by atoms with E-state index in [0.717, 1.165) is 29.1 Å². The number of halogens is 1. The van der Waals surface area contributed by atoms with Gasteiger partial charge in [-0.3, -0.25) is 4.79 Å². The van der Waals surface area contributed by atoms with E-state index in [1.54, 1.807) is 22.6 Å². The second-order valence-corrected chi connectivity index (χ2v) is 7.33. The molecule has 1 amide bonds. The lowest BCUT2D eigenvalue weighted by Crippen LogP contribution is -2.48. The van der Waals surface area contributed by atoms with Crippen molar-refractivity contribution in [1.82, 2.24) is 14.9 Å². The summed E-state index contributed by atoms with van der Waals surface area (Å²) in [6.07, 6.45) is 1.55. The lowest BCUT2D eigenvalue weighted by Gasteiger charge is -2.33. The third kappa shape index (κ3) is 3.73. The first-order valence-electron chi connectivity index (χ1n) is 7.29. The van der Waals surface area contributed by atoms with Crippen LogP contribution >= 0.6 is 22.9 Å². The van der Waals surface area contributed by atoms with Crippen LogP contribution in [-0.4, -0.2) is 54.5 Å². The van der Waals surface area contributed by atoms with Gasteiger partial charge in [0.1, 0.15) is 18.0 Å². The Bertz CT molecular complexity index is 707. The second-order valence-electron chi connectivity index (χ2n) is 5.53. The zero-order valence-corrected chi connectivity index (χ0v) is 14.6. The number of thiophene rings is 1. The van der Waals surface area contributed by atoms with Gasteiger partial charge in [0.15, 0.2) is 0 Å². The summed E-state index contributed by atoms with van der Waals surface area (Å²) < 4.78 is 0.785. The predicted octanol–water partition coefficient (Wildman–Crippen LogP) is 2.11. The molecule has 3 rings (SSSR count). The van der Waals surface area contributed by atoms with Crippen LogP contribution in [0.2, 0.25) is 4.34 Å². The molecule has 0 spiro atoms. The first kappa shape index (κ1) is 16.0. The fourth-order valence-corrected chi connectivity index (χ4v) is 3.57. The Morgan fingerprint density at radius 3 is 2.87 bits per heavy atom. The van der Waals surface area contributed by atoms with Crippen molar-refractivity contribution in [2.45, 2.75) is 6.54 Å². The summed E-state index contributed by atoms with van der Waals surface area (Å²) in [4.78, 5) is 27.5. The number of amides is 1. The Kier molecular flexibility index (Phi) is 4.68. The second kappa shape index (κ2) is 6.72. The molecule has 0 unspecified atom stereocenters. The molecular formula is C15H18ClN5OS. The zero-order valence-electron chi connectivity index (χ0n) is 13.1. The van der Waals surface area contributed by atoms with Crippen LogP contribution in [0.15, 0.2) is 24.5 Å². The van der Waals surface area contributed by atoms with Crippen LogP contribution < -0.4 is 9.80 Å². The minimum atomic E-state index is 0.109. The van der Waals surface area contributed by atoms with E-state index < -0.39 is 0 Å². The number of hydrogen-bond donors (Lipinski definition) is 0. The van der Waals surface area contributed by atoms with E-state index in [-0.39, 0.29) is 5.91 Å². The number of piperazine rings is 1. The fourth-order valence-electron chi connectivity index (χ4n) is 2.42. The highest BCUT2D eigenvalue weighted by atomic mass is 35.5. The minimum Gasteiger partial charge on any atom is -0.354 e. The van der Waals surface area contributed by atoms with Crippen molar-refractivity contribution >= 4 is 40.5 Å². The average molecular weight is 352 g/mol. The van der Waals surface area contributed by atoms with E-state index >= 15 is 0 Å². The molecule has 122 valence electrons. The summed E-state index contributed by atoms with van der Waals surface area (Å²) in [6.45, 7) is 2.58. The molecule has 0 bridgehead atoms. The molecule has 1 fully saturated rings. The van der Waals surface area contributed by atoms with Crippen molar-refractivity contribution < 1.29 is 4.79 Å². The van der Waals surface area contributed by atoms with Gasteiger partial charge in [0.2, 0.25) is 5.91 Å². The normalized spacial score (nSPS) is 15.2. The van der Waals surface area contributed by atoms with E-state index in [0.29, 0.717) is 13.1 Å². The van der Waals surface area contributed by atoms with Gasteiger partial charge in [-0.05, 0) is 12.1 Å². The summed E-state index contributed by atoms with van der Waals surface area (Å²) >= 11 is 7.54. The summed E-state index contributed by atoms with van der Waals surface area (Å²) in [6, 6.07) is 5.84. The molecule has 2 aromatic heterocycles. The van der Waals surface area contributed by atoms with E-state index in [1.807, 2.05) is 42.1 Å². The van der Waals surface area contributed by atoms with Crippen molar-refractivity contribution in [3.05, 3.63) is 33.7 Å². The Balaban J connectivity index is 1.73. The van der Waals surface area contributed by atoms with E-state index in [2.05, 4.69) is 9.97 Å². The summed E-state index contributed by atoms with van der Waals surface area (Å²) in [5, 5.41) is 0. The first-order valence-corrected chi connectivity index (χ1v) is 8.48. The molecule has 0 aliphatic carbocycles. The van der Waals surface area contributed by atoms with Gasteiger partial charge in [0.05, 0.1) is 17.4 Å². The maximum atomic E-state index is 11.9. The third-order valence-corrected chi connectivity index (χ3v) is 5.05. The van der Waals surface area contributed by atoms with Crippen LogP contribution in [0.1, 0.15) is 4.88 Å². The van der Waals surface area contributed by atoms with Crippen LogP contribution in [0.5, 0.6) is 0 Å². The van der Waals surface area contributed by atoms with Gasteiger partial charge in [-0.2, -0.15) is 0 Å². The van der Waals surface area contributed by atoms with Crippen LogP contribution in [0.25, 0.3) is 0 Å². The topological polar surface area (TPSA) is 52.6 Å². The van der Waals surface area contributed by atoms with Gasteiger partial charge in [-0.1, -0.05) is 11.6 Å². The van der Waals surface area contributed by atoms with Crippen molar-refractivity contribution in [3.8, 4) is 0 Å². The maximum absolute atomic E-state index is 11.9. The Labute approximate surface area is 144 Å². The fraction of sp³-hybridized carbons (Fsp3) is 0.400. The largest absolute Gasteiger partial charge is 0.354 e. The maximum Gasteiger partial charge on any atom is 0.241 e.